The monoisotopic (exact) mass is 331 g/mol. The fourth-order valence-corrected chi connectivity index (χ4v) is 2.39. The van der Waals surface area contributed by atoms with Gasteiger partial charge in [-0.2, -0.15) is 5.26 Å². The molecule has 25 heavy (non-hydrogen) atoms. The number of carbonyl (C=O) groups excluding carboxylic acids is 1. The highest BCUT2D eigenvalue weighted by Crippen LogP contribution is 2.18. The molecular formula is C21H14FNO2. The topological polar surface area (TPSA) is 50.1 Å². The Morgan fingerprint density at radius 3 is 2.16 bits per heavy atom. The van der Waals surface area contributed by atoms with Crippen molar-refractivity contribution in [3.63, 3.8) is 0 Å². The van der Waals surface area contributed by atoms with Crippen molar-refractivity contribution in [3.8, 4) is 11.8 Å². The van der Waals surface area contributed by atoms with E-state index in [0.717, 1.165) is 5.56 Å². The van der Waals surface area contributed by atoms with E-state index in [0.29, 0.717) is 22.4 Å². The van der Waals surface area contributed by atoms with Gasteiger partial charge in [0.15, 0.2) is 5.78 Å². The lowest BCUT2D eigenvalue weighted by molar-refractivity contribution is 0.103. The van der Waals surface area contributed by atoms with Crippen LogP contribution in [0.2, 0.25) is 0 Å². The van der Waals surface area contributed by atoms with E-state index in [4.69, 9.17) is 10.00 Å². The molecule has 0 aliphatic heterocycles. The predicted octanol–water partition coefficient (Wildman–Crippen LogP) is 4.51. The molecule has 0 aliphatic rings. The molecule has 0 atom stereocenters. The number of halogens is 1. The SMILES string of the molecule is N#Cc1ccccc1COc1ccc(C(=O)c2ccc(F)cc2)cc1. The Bertz CT molecular complexity index is 925. The summed E-state index contributed by atoms with van der Waals surface area (Å²) in [7, 11) is 0. The zero-order chi connectivity index (χ0) is 17.6. The van der Waals surface area contributed by atoms with Gasteiger partial charge in [-0.3, -0.25) is 4.79 Å². The fraction of sp³-hybridized carbons (Fsp3) is 0.0476. The van der Waals surface area contributed by atoms with Crippen molar-refractivity contribution in [2.45, 2.75) is 6.61 Å². The molecule has 0 aliphatic carbocycles. The van der Waals surface area contributed by atoms with Crippen molar-refractivity contribution in [2.75, 3.05) is 0 Å². The molecule has 3 aromatic carbocycles. The molecule has 0 spiro atoms. The standard InChI is InChI=1S/C21H14FNO2/c22-19-9-5-15(6-10-19)21(24)16-7-11-20(12-8-16)25-14-18-4-2-1-3-17(18)13-23/h1-12H,14H2. The second-order valence-electron chi connectivity index (χ2n) is 5.42. The molecule has 0 heterocycles. The molecule has 3 aromatic rings. The Morgan fingerprint density at radius 2 is 1.52 bits per heavy atom. The number of ketones is 1. The van der Waals surface area contributed by atoms with E-state index in [1.165, 1.54) is 24.3 Å². The lowest BCUT2D eigenvalue weighted by atomic mass is 10.0. The maximum absolute atomic E-state index is 12.9. The molecule has 0 aromatic heterocycles. The van der Waals surface area contributed by atoms with Gasteiger partial charge in [-0.1, -0.05) is 18.2 Å². The van der Waals surface area contributed by atoms with Crippen LogP contribution < -0.4 is 4.74 Å². The van der Waals surface area contributed by atoms with Crippen molar-refractivity contribution >= 4 is 5.78 Å². The van der Waals surface area contributed by atoms with Crippen LogP contribution in [0, 0.1) is 17.1 Å². The lowest BCUT2D eigenvalue weighted by Gasteiger charge is -2.08. The van der Waals surface area contributed by atoms with Crippen LogP contribution in [0.3, 0.4) is 0 Å². The smallest absolute Gasteiger partial charge is 0.193 e. The van der Waals surface area contributed by atoms with Gasteiger partial charge in [0, 0.05) is 16.7 Å². The summed E-state index contributed by atoms with van der Waals surface area (Å²) in [6.07, 6.45) is 0. The molecule has 4 heteroatoms. The van der Waals surface area contributed by atoms with Gasteiger partial charge < -0.3 is 4.74 Å². The van der Waals surface area contributed by atoms with Gasteiger partial charge in [0.1, 0.15) is 18.2 Å². The molecule has 0 fully saturated rings. The molecule has 122 valence electrons. The third kappa shape index (κ3) is 3.91. The summed E-state index contributed by atoms with van der Waals surface area (Å²) in [6.45, 7) is 0.273. The zero-order valence-corrected chi connectivity index (χ0v) is 13.3. The number of benzene rings is 3. The first-order valence-corrected chi connectivity index (χ1v) is 7.68. The van der Waals surface area contributed by atoms with Gasteiger partial charge in [0.2, 0.25) is 0 Å². The minimum Gasteiger partial charge on any atom is -0.489 e. The van der Waals surface area contributed by atoms with Crippen molar-refractivity contribution < 1.29 is 13.9 Å². The first-order valence-electron chi connectivity index (χ1n) is 7.68. The third-order valence-corrected chi connectivity index (χ3v) is 3.76. The van der Waals surface area contributed by atoms with Crippen molar-refractivity contribution in [2.24, 2.45) is 0 Å². The highest BCUT2D eigenvalue weighted by atomic mass is 19.1. The summed E-state index contributed by atoms with van der Waals surface area (Å²) < 4.78 is 18.6. The minimum absolute atomic E-state index is 0.179. The first-order chi connectivity index (χ1) is 12.2. The van der Waals surface area contributed by atoms with Gasteiger partial charge in [0.05, 0.1) is 11.6 Å². The number of hydrogen-bond donors (Lipinski definition) is 0. The molecule has 0 N–H and O–H groups in total. The van der Waals surface area contributed by atoms with Gasteiger partial charge >= 0.3 is 0 Å². The number of nitriles is 1. The Balaban J connectivity index is 1.69. The Morgan fingerprint density at radius 1 is 0.920 bits per heavy atom. The Hall–Kier alpha value is -3.45. The van der Waals surface area contributed by atoms with Crippen LogP contribution >= 0.6 is 0 Å². The Labute approximate surface area is 144 Å². The van der Waals surface area contributed by atoms with E-state index in [2.05, 4.69) is 6.07 Å². The van der Waals surface area contributed by atoms with E-state index in [-0.39, 0.29) is 18.2 Å². The minimum atomic E-state index is -0.377. The summed E-state index contributed by atoms with van der Waals surface area (Å²) in [5, 5.41) is 9.07. The van der Waals surface area contributed by atoms with Gasteiger partial charge in [-0.15, -0.1) is 0 Å². The van der Waals surface area contributed by atoms with Gasteiger partial charge in [-0.05, 0) is 54.6 Å². The number of nitrogens with zero attached hydrogens (tertiary/aromatic N) is 1. The highest BCUT2D eigenvalue weighted by Gasteiger charge is 2.09. The zero-order valence-electron chi connectivity index (χ0n) is 13.3. The molecule has 0 saturated heterocycles. The summed E-state index contributed by atoms with van der Waals surface area (Å²) in [5.74, 6) is 0.0442. The number of carbonyl (C=O) groups is 1. The molecule has 0 saturated carbocycles. The normalized spacial score (nSPS) is 10.1. The first kappa shape index (κ1) is 16.4. The van der Waals surface area contributed by atoms with Crippen LogP contribution in [0.5, 0.6) is 5.75 Å². The molecule has 3 nitrogen and oxygen atoms in total. The van der Waals surface area contributed by atoms with E-state index in [1.54, 1.807) is 36.4 Å². The molecule has 0 radical (unpaired) electrons. The number of ether oxygens (including phenoxy) is 1. The fourth-order valence-electron chi connectivity index (χ4n) is 2.39. The van der Waals surface area contributed by atoms with Crippen molar-refractivity contribution in [1.82, 2.24) is 0 Å². The van der Waals surface area contributed by atoms with Crippen LogP contribution in [-0.4, -0.2) is 5.78 Å². The highest BCUT2D eigenvalue weighted by molar-refractivity contribution is 6.08. The third-order valence-electron chi connectivity index (χ3n) is 3.76. The quantitative estimate of drug-likeness (QED) is 0.647. The lowest BCUT2D eigenvalue weighted by Crippen LogP contribution is -2.02. The summed E-state index contributed by atoms with van der Waals surface area (Å²) in [6, 6.07) is 21.5. The van der Waals surface area contributed by atoms with Crippen LogP contribution in [0.1, 0.15) is 27.0 Å². The molecule has 0 bridgehead atoms. The summed E-state index contributed by atoms with van der Waals surface area (Å²) in [4.78, 5) is 12.3. The molecule has 3 rings (SSSR count). The maximum atomic E-state index is 12.9. The van der Waals surface area contributed by atoms with E-state index >= 15 is 0 Å². The van der Waals surface area contributed by atoms with Crippen LogP contribution in [0.4, 0.5) is 4.39 Å². The second kappa shape index (κ2) is 7.41. The van der Waals surface area contributed by atoms with E-state index in [9.17, 15) is 9.18 Å². The van der Waals surface area contributed by atoms with E-state index < -0.39 is 0 Å². The Kier molecular flexibility index (Phi) is 4.87. The van der Waals surface area contributed by atoms with Gasteiger partial charge in [-0.25, -0.2) is 4.39 Å². The molecular weight excluding hydrogens is 317 g/mol. The average molecular weight is 331 g/mol. The molecule has 0 amide bonds. The number of hydrogen-bond acceptors (Lipinski definition) is 3. The van der Waals surface area contributed by atoms with Crippen LogP contribution in [0.15, 0.2) is 72.8 Å². The van der Waals surface area contributed by atoms with E-state index in [1.807, 2.05) is 12.1 Å². The average Bonchev–Trinajstić information content (AvgIpc) is 2.67. The van der Waals surface area contributed by atoms with Gasteiger partial charge in [0.25, 0.3) is 0 Å². The second-order valence-corrected chi connectivity index (χ2v) is 5.42. The van der Waals surface area contributed by atoms with Crippen LogP contribution in [0.25, 0.3) is 0 Å². The summed E-state index contributed by atoms with van der Waals surface area (Å²) >= 11 is 0. The largest absolute Gasteiger partial charge is 0.489 e. The number of rotatable bonds is 5. The van der Waals surface area contributed by atoms with Crippen LogP contribution in [-0.2, 0) is 6.61 Å². The molecule has 0 unspecified atom stereocenters. The summed E-state index contributed by atoms with van der Waals surface area (Å²) in [5.41, 5.74) is 2.30. The van der Waals surface area contributed by atoms with Crippen molar-refractivity contribution in [3.05, 3.63) is 101 Å². The van der Waals surface area contributed by atoms with Crippen molar-refractivity contribution in [1.29, 1.82) is 5.26 Å². The maximum Gasteiger partial charge on any atom is 0.193 e. The predicted molar refractivity (Wildman–Crippen MR) is 91.8 cm³/mol.